The second-order valence-electron chi connectivity index (χ2n) is 11.1. The zero-order chi connectivity index (χ0) is 30.6. The van der Waals surface area contributed by atoms with E-state index in [0.29, 0.717) is 37.2 Å². The number of nitrogens with one attached hydrogen (secondary N) is 2. The highest BCUT2D eigenvalue weighted by molar-refractivity contribution is 7.93. The van der Waals surface area contributed by atoms with Crippen LogP contribution in [0.1, 0.15) is 40.4 Å². The molecule has 5 rings (SSSR count). The van der Waals surface area contributed by atoms with Gasteiger partial charge in [-0.15, -0.1) is 0 Å². The summed E-state index contributed by atoms with van der Waals surface area (Å²) in [4.78, 5) is 13.9. The van der Waals surface area contributed by atoms with Crippen molar-refractivity contribution in [2.45, 2.75) is 44.9 Å². The Morgan fingerprint density at radius 1 is 1.07 bits per heavy atom. The van der Waals surface area contributed by atoms with Crippen LogP contribution in [0.25, 0.3) is 10.9 Å². The van der Waals surface area contributed by atoms with Gasteiger partial charge in [-0.05, 0) is 60.2 Å². The predicted octanol–water partition coefficient (Wildman–Crippen LogP) is 3.78. The summed E-state index contributed by atoms with van der Waals surface area (Å²) in [6, 6.07) is 20.4. The molecule has 1 amide bonds. The van der Waals surface area contributed by atoms with Crippen molar-refractivity contribution in [1.29, 1.82) is 0 Å². The molecule has 1 aliphatic heterocycles. The number of aliphatic hydroxyl groups excluding tert-OH is 1. The standard InChI is InChI=1S/C33H40N4O5S/c1-4-25-22-36(2)32-28(25)18-26(19-30(32)37-14-9-15-43(37,40)41)33(39)35-29(17-23-10-6-5-7-11-23)31(38)21-34-20-24-12-8-13-27(16-24)42-3/h5-8,10-13,16,18-19,22,29,31,34,38H,4,9,14-15,17,20-21H2,1-3H3,(H,35,39)/t29-,31+/m0/s1. The van der Waals surface area contributed by atoms with Crippen molar-refractivity contribution in [1.82, 2.24) is 15.2 Å². The molecule has 2 atom stereocenters. The number of fused-ring (bicyclic) bond motifs is 1. The number of sulfonamides is 1. The number of ether oxygens (including phenoxy) is 1. The van der Waals surface area contributed by atoms with Gasteiger partial charge in [-0.25, -0.2) is 8.42 Å². The molecular formula is C33H40N4O5S. The van der Waals surface area contributed by atoms with Crippen molar-refractivity contribution >= 4 is 32.5 Å². The molecule has 3 aromatic carbocycles. The monoisotopic (exact) mass is 604 g/mol. The van der Waals surface area contributed by atoms with Crippen LogP contribution in [0.2, 0.25) is 0 Å². The fourth-order valence-corrected chi connectivity index (χ4v) is 7.37. The van der Waals surface area contributed by atoms with Gasteiger partial charge in [0.25, 0.3) is 5.91 Å². The van der Waals surface area contributed by atoms with E-state index in [0.717, 1.165) is 39.8 Å². The smallest absolute Gasteiger partial charge is 0.251 e. The number of methoxy groups -OCH3 is 1. The van der Waals surface area contributed by atoms with E-state index >= 15 is 0 Å². The zero-order valence-electron chi connectivity index (χ0n) is 24.9. The fraction of sp³-hybridized carbons (Fsp3) is 0.364. The van der Waals surface area contributed by atoms with Crippen LogP contribution in [-0.4, -0.2) is 62.1 Å². The zero-order valence-corrected chi connectivity index (χ0v) is 25.7. The third-order valence-electron chi connectivity index (χ3n) is 8.05. The molecule has 1 saturated heterocycles. The van der Waals surface area contributed by atoms with Crippen molar-refractivity contribution in [2.24, 2.45) is 7.05 Å². The van der Waals surface area contributed by atoms with Crippen molar-refractivity contribution in [3.63, 3.8) is 0 Å². The summed E-state index contributed by atoms with van der Waals surface area (Å²) < 4.78 is 34.6. The van der Waals surface area contributed by atoms with Crippen molar-refractivity contribution < 1.29 is 23.1 Å². The Hall–Kier alpha value is -3.86. The van der Waals surface area contributed by atoms with Gasteiger partial charge in [0, 0.05) is 43.8 Å². The maximum Gasteiger partial charge on any atom is 0.251 e. The van der Waals surface area contributed by atoms with Gasteiger partial charge >= 0.3 is 0 Å². The Bertz CT molecular complexity index is 1690. The van der Waals surface area contributed by atoms with E-state index in [4.69, 9.17) is 4.74 Å². The number of carbonyl (C=O) groups is 1. The Labute approximate surface area is 253 Å². The second kappa shape index (κ2) is 13.2. The molecule has 3 N–H and O–H groups in total. The largest absolute Gasteiger partial charge is 0.497 e. The number of hydrogen-bond donors (Lipinski definition) is 3. The predicted molar refractivity (Wildman–Crippen MR) is 170 cm³/mol. The summed E-state index contributed by atoms with van der Waals surface area (Å²) in [7, 11) is 0.0538. The number of aliphatic hydroxyl groups is 1. The minimum Gasteiger partial charge on any atom is -0.497 e. The third kappa shape index (κ3) is 6.87. The van der Waals surface area contributed by atoms with E-state index in [9.17, 15) is 18.3 Å². The molecule has 4 aromatic rings. The Morgan fingerprint density at radius 2 is 1.84 bits per heavy atom. The second-order valence-corrected chi connectivity index (χ2v) is 13.1. The number of carbonyl (C=O) groups excluding carboxylic acids is 1. The van der Waals surface area contributed by atoms with E-state index in [2.05, 4.69) is 10.6 Å². The van der Waals surface area contributed by atoms with E-state index in [-0.39, 0.29) is 18.2 Å². The van der Waals surface area contributed by atoms with Gasteiger partial charge in [-0.2, -0.15) is 0 Å². The summed E-state index contributed by atoms with van der Waals surface area (Å²) in [5, 5.41) is 18.5. The molecule has 228 valence electrons. The van der Waals surface area contributed by atoms with Gasteiger partial charge < -0.3 is 25.0 Å². The fourth-order valence-electron chi connectivity index (χ4n) is 5.81. The molecule has 43 heavy (non-hydrogen) atoms. The normalized spacial score (nSPS) is 15.9. The lowest BCUT2D eigenvalue weighted by atomic mass is 9.99. The summed E-state index contributed by atoms with van der Waals surface area (Å²) >= 11 is 0. The van der Waals surface area contributed by atoms with Crippen LogP contribution in [-0.2, 0) is 36.5 Å². The molecule has 9 nitrogen and oxygen atoms in total. The van der Waals surface area contributed by atoms with Gasteiger partial charge in [-0.1, -0.05) is 49.4 Å². The summed E-state index contributed by atoms with van der Waals surface area (Å²) in [6.45, 7) is 3.20. The van der Waals surface area contributed by atoms with Crippen molar-refractivity contribution in [2.75, 3.05) is 30.3 Å². The van der Waals surface area contributed by atoms with Crippen LogP contribution in [0, 0.1) is 0 Å². The molecule has 1 fully saturated rings. The van der Waals surface area contributed by atoms with Crippen LogP contribution >= 0.6 is 0 Å². The number of hydrogen-bond acceptors (Lipinski definition) is 6. The van der Waals surface area contributed by atoms with Gasteiger partial charge in [0.05, 0.1) is 36.2 Å². The summed E-state index contributed by atoms with van der Waals surface area (Å²) in [5.41, 5.74) is 4.70. The number of aromatic nitrogens is 1. The molecule has 0 unspecified atom stereocenters. The number of anilines is 1. The Balaban J connectivity index is 1.41. The van der Waals surface area contributed by atoms with Crippen LogP contribution < -0.4 is 19.7 Å². The number of aryl methyl sites for hydroxylation is 2. The van der Waals surface area contributed by atoms with E-state index in [1.807, 2.05) is 85.4 Å². The minimum absolute atomic E-state index is 0.0874. The average molecular weight is 605 g/mol. The highest BCUT2D eigenvalue weighted by Crippen LogP contribution is 2.35. The quantitative estimate of drug-likeness (QED) is 0.227. The van der Waals surface area contributed by atoms with Gasteiger partial charge in [0.1, 0.15) is 5.75 Å². The van der Waals surface area contributed by atoms with Gasteiger partial charge in [0.2, 0.25) is 10.0 Å². The Kier molecular flexibility index (Phi) is 9.39. The molecule has 0 saturated carbocycles. The first-order valence-corrected chi connectivity index (χ1v) is 16.3. The van der Waals surface area contributed by atoms with Crippen LogP contribution in [0.4, 0.5) is 5.69 Å². The number of benzene rings is 3. The SMILES string of the molecule is CCc1cn(C)c2c(N3CCCS3(=O)=O)cc(C(=O)N[C@@H](Cc3ccccc3)[C@H](O)CNCc3cccc(OC)c3)cc12. The number of nitrogens with zero attached hydrogens (tertiary/aromatic N) is 2. The van der Waals surface area contributed by atoms with Crippen molar-refractivity contribution in [3.8, 4) is 5.75 Å². The van der Waals surface area contributed by atoms with Crippen molar-refractivity contribution in [3.05, 3.63) is 95.2 Å². The molecule has 1 aliphatic rings. The molecular weight excluding hydrogens is 564 g/mol. The Morgan fingerprint density at radius 3 is 2.53 bits per heavy atom. The topological polar surface area (TPSA) is 113 Å². The lowest BCUT2D eigenvalue weighted by Crippen LogP contribution is -2.48. The molecule has 0 radical (unpaired) electrons. The first-order valence-electron chi connectivity index (χ1n) is 14.7. The third-order valence-corrected chi connectivity index (χ3v) is 9.90. The van der Waals surface area contributed by atoms with Crippen LogP contribution in [0.3, 0.4) is 0 Å². The van der Waals surface area contributed by atoms with E-state index in [1.165, 1.54) is 4.31 Å². The number of rotatable bonds is 12. The highest BCUT2D eigenvalue weighted by Gasteiger charge is 2.32. The lowest BCUT2D eigenvalue weighted by Gasteiger charge is -2.26. The molecule has 0 aliphatic carbocycles. The first kappa shape index (κ1) is 30.6. The molecule has 0 bridgehead atoms. The average Bonchev–Trinajstić information content (AvgIpc) is 3.54. The first-order chi connectivity index (χ1) is 20.7. The molecule has 0 spiro atoms. The van der Waals surface area contributed by atoms with Crippen LogP contribution in [0.15, 0.2) is 72.9 Å². The molecule has 2 heterocycles. The molecule has 1 aromatic heterocycles. The molecule has 10 heteroatoms. The minimum atomic E-state index is -3.47. The lowest BCUT2D eigenvalue weighted by molar-refractivity contribution is 0.0830. The maximum atomic E-state index is 13.9. The van der Waals surface area contributed by atoms with Gasteiger partial charge in [-0.3, -0.25) is 9.10 Å². The number of amides is 1. The highest BCUT2D eigenvalue weighted by atomic mass is 32.2. The maximum absolute atomic E-state index is 13.9. The summed E-state index contributed by atoms with van der Waals surface area (Å²) in [6.07, 6.45) is 2.81. The van der Waals surface area contributed by atoms with Gasteiger partial charge in [0.15, 0.2) is 0 Å². The van der Waals surface area contributed by atoms with E-state index in [1.54, 1.807) is 13.2 Å². The van der Waals surface area contributed by atoms with E-state index < -0.39 is 22.2 Å². The summed E-state index contributed by atoms with van der Waals surface area (Å²) in [5.74, 6) is 0.486. The van der Waals surface area contributed by atoms with Crippen LogP contribution in [0.5, 0.6) is 5.75 Å².